The Morgan fingerprint density at radius 1 is 1.27 bits per heavy atom. The number of imide groups is 1. The molecular formula is C18H16FN3O3S. The molecule has 1 aliphatic rings. The third kappa shape index (κ3) is 3.85. The maximum absolute atomic E-state index is 13.2. The number of aromatic nitrogens is 1. The zero-order valence-electron chi connectivity index (χ0n) is 13.9. The predicted octanol–water partition coefficient (Wildman–Crippen LogP) is 3.32. The van der Waals surface area contributed by atoms with E-state index in [-0.39, 0.29) is 10.6 Å². The minimum absolute atomic E-state index is 0.262. The van der Waals surface area contributed by atoms with Gasteiger partial charge in [-0.2, -0.15) is 0 Å². The van der Waals surface area contributed by atoms with Crippen LogP contribution in [0.3, 0.4) is 0 Å². The molecular weight excluding hydrogens is 357 g/mol. The largest absolute Gasteiger partial charge is 0.348 e. The molecule has 2 aromatic rings. The van der Waals surface area contributed by atoms with E-state index in [0.717, 1.165) is 35.0 Å². The highest BCUT2D eigenvalue weighted by molar-refractivity contribution is 8.18. The molecule has 134 valence electrons. The van der Waals surface area contributed by atoms with Crippen molar-refractivity contribution in [2.24, 2.45) is 0 Å². The van der Waals surface area contributed by atoms with Gasteiger partial charge in [-0.3, -0.25) is 19.3 Å². The summed E-state index contributed by atoms with van der Waals surface area (Å²) < 4.78 is 15.1. The summed E-state index contributed by atoms with van der Waals surface area (Å²) in [6.07, 6.45) is 3.52. The van der Waals surface area contributed by atoms with Gasteiger partial charge in [-0.05, 0) is 55.1 Å². The van der Waals surface area contributed by atoms with Gasteiger partial charge >= 0.3 is 0 Å². The lowest BCUT2D eigenvalue weighted by atomic mass is 10.3. The molecule has 0 saturated carbocycles. The van der Waals surface area contributed by atoms with E-state index in [4.69, 9.17) is 0 Å². The molecule has 3 rings (SSSR count). The Morgan fingerprint density at radius 3 is 2.81 bits per heavy atom. The minimum Gasteiger partial charge on any atom is -0.348 e. The van der Waals surface area contributed by atoms with Crippen molar-refractivity contribution in [2.75, 3.05) is 11.9 Å². The number of carbonyl (C=O) groups is 3. The standard InChI is InChI=1S/C18H16FN3O3S/c1-2-21-8-4-7-14(21)10-15-17(24)22(18(25)26-15)11-16(23)20-13-6-3-5-12(19)9-13/h3-10H,2,11H2,1H3,(H,20,23)/b15-10+. The van der Waals surface area contributed by atoms with Crippen molar-refractivity contribution in [1.29, 1.82) is 0 Å². The van der Waals surface area contributed by atoms with E-state index in [1.54, 1.807) is 6.08 Å². The van der Waals surface area contributed by atoms with Crippen LogP contribution in [0.2, 0.25) is 0 Å². The van der Waals surface area contributed by atoms with E-state index in [1.165, 1.54) is 18.2 Å². The summed E-state index contributed by atoms with van der Waals surface area (Å²) in [5, 5.41) is 1.96. The fourth-order valence-corrected chi connectivity index (χ4v) is 3.35. The molecule has 1 aromatic carbocycles. The summed E-state index contributed by atoms with van der Waals surface area (Å²) in [7, 11) is 0. The number of nitrogens with zero attached hydrogens (tertiary/aromatic N) is 2. The number of hydrogen-bond acceptors (Lipinski definition) is 4. The highest BCUT2D eigenvalue weighted by Crippen LogP contribution is 2.32. The Bertz CT molecular complexity index is 907. The summed E-state index contributed by atoms with van der Waals surface area (Å²) in [4.78, 5) is 37.8. The Labute approximate surface area is 153 Å². The number of nitrogens with one attached hydrogen (secondary N) is 1. The maximum Gasteiger partial charge on any atom is 0.294 e. The summed E-state index contributed by atoms with van der Waals surface area (Å²) in [5.41, 5.74) is 1.07. The quantitative estimate of drug-likeness (QED) is 0.816. The van der Waals surface area contributed by atoms with E-state index in [0.29, 0.717) is 0 Å². The number of aryl methyl sites for hydroxylation is 1. The molecule has 0 spiro atoms. The van der Waals surface area contributed by atoms with Crippen LogP contribution in [0.5, 0.6) is 0 Å². The molecule has 1 aromatic heterocycles. The molecule has 0 unspecified atom stereocenters. The number of amides is 3. The van der Waals surface area contributed by atoms with Crippen molar-refractivity contribution >= 4 is 40.6 Å². The Kier molecular flexibility index (Phi) is 5.22. The van der Waals surface area contributed by atoms with Gasteiger partial charge in [-0.1, -0.05) is 6.07 Å². The van der Waals surface area contributed by atoms with Crippen LogP contribution in [0, 0.1) is 5.82 Å². The second-order valence-electron chi connectivity index (χ2n) is 5.55. The van der Waals surface area contributed by atoms with Crippen molar-refractivity contribution in [3.05, 3.63) is 59.0 Å². The lowest BCUT2D eigenvalue weighted by Crippen LogP contribution is -2.36. The summed E-state index contributed by atoms with van der Waals surface area (Å²) in [6.45, 7) is 2.28. The van der Waals surface area contributed by atoms with Crippen LogP contribution in [0.1, 0.15) is 12.6 Å². The zero-order chi connectivity index (χ0) is 18.7. The average Bonchev–Trinajstić information content (AvgIpc) is 3.15. The molecule has 8 heteroatoms. The van der Waals surface area contributed by atoms with Crippen LogP contribution in [0.4, 0.5) is 14.9 Å². The Morgan fingerprint density at radius 2 is 2.08 bits per heavy atom. The molecule has 1 fully saturated rings. The number of hydrogen-bond donors (Lipinski definition) is 1. The fourth-order valence-electron chi connectivity index (χ4n) is 2.53. The number of thioether (sulfide) groups is 1. The normalized spacial score (nSPS) is 15.8. The molecule has 1 aliphatic heterocycles. The van der Waals surface area contributed by atoms with E-state index in [1.807, 2.05) is 29.8 Å². The van der Waals surface area contributed by atoms with Crippen molar-refractivity contribution in [2.45, 2.75) is 13.5 Å². The number of halogens is 1. The van der Waals surface area contributed by atoms with E-state index in [2.05, 4.69) is 5.32 Å². The molecule has 0 aliphatic carbocycles. The van der Waals surface area contributed by atoms with Gasteiger partial charge in [0.25, 0.3) is 11.1 Å². The van der Waals surface area contributed by atoms with Crippen LogP contribution in [0.25, 0.3) is 6.08 Å². The first-order chi connectivity index (χ1) is 12.5. The highest BCUT2D eigenvalue weighted by Gasteiger charge is 2.36. The molecule has 2 heterocycles. The molecule has 1 N–H and O–H groups in total. The van der Waals surface area contributed by atoms with Crippen LogP contribution in [-0.4, -0.2) is 33.1 Å². The Balaban J connectivity index is 1.70. The fraction of sp³-hybridized carbons (Fsp3) is 0.167. The van der Waals surface area contributed by atoms with Crippen molar-refractivity contribution in [1.82, 2.24) is 9.47 Å². The number of anilines is 1. The summed E-state index contributed by atoms with van der Waals surface area (Å²) >= 11 is 0.795. The smallest absolute Gasteiger partial charge is 0.294 e. The van der Waals surface area contributed by atoms with Crippen molar-refractivity contribution in [3.8, 4) is 0 Å². The van der Waals surface area contributed by atoms with Gasteiger partial charge in [0.15, 0.2) is 0 Å². The molecule has 26 heavy (non-hydrogen) atoms. The number of carbonyl (C=O) groups excluding carboxylic acids is 3. The summed E-state index contributed by atoms with van der Waals surface area (Å²) in [6, 6.07) is 9.08. The molecule has 3 amide bonds. The zero-order valence-corrected chi connectivity index (χ0v) is 14.8. The number of rotatable bonds is 5. The van der Waals surface area contributed by atoms with Crippen molar-refractivity contribution in [3.63, 3.8) is 0 Å². The molecule has 0 bridgehead atoms. The van der Waals surface area contributed by atoms with Crippen LogP contribution in [-0.2, 0) is 16.1 Å². The first kappa shape index (κ1) is 17.9. The van der Waals surface area contributed by atoms with Gasteiger partial charge in [0.1, 0.15) is 12.4 Å². The molecule has 0 radical (unpaired) electrons. The third-order valence-electron chi connectivity index (χ3n) is 3.77. The summed E-state index contributed by atoms with van der Waals surface area (Å²) in [5.74, 6) is -1.58. The van der Waals surface area contributed by atoms with Crippen LogP contribution >= 0.6 is 11.8 Å². The second-order valence-corrected chi connectivity index (χ2v) is 6.54. The molecule has 6 nitrogen and oxygen atoms in total. The van der Waals surface area contributed by atoms with Gasteiger partial charge in [0.2, 0.25) is 5.91 Å². The first-order valence-corrected chi connectivity index (χ1v) is 8.75. The van der Waals surface area contributed by atoms with E-state index < -0.39 is 29.4 Å². The maximum atomic E-state index is 13.2. The lowest BCUT2D eigenvalue weighted by Gasteiger charge is -2.12. The van der Waals surface area contributed by atoms with Gasteiger partial charge in [0.05, 0.1) is 4.91 Å². The van der Waals surface area contributed by atoms with Gasteiger partial charge in [-0.15, -0.1) is 0 Å². The van der Waals surface area contributed by atoms with Gasteiger partial charge in [0, 0.05) is 24.1 Å². The molecule has 0 atom stereocenters. The predicted molar refractivity (Wildman–Crippen MR) is 97.8 cm³/mol. The third-order valence-corrected chi connectivity index (χ3v) is 4.68. The topological polar surface area (TPSA) is 71.4 Å². The van der Waals surface area contributed by atoms with Gasteiger partial charge < -0.3 is 9.88 Å². The van der Waals surface area contributed by atoms with Crippen LogP contribution in [0.15, 0.2) is 47.5 Å². The SMILES string of the molecule is CCn1cccc1/C=C1/SC(=O)N(CC(=O)Nc2cccc(F)c2)C1=O. The lowest BCUT2D eigenvalue weighted by molar-refractivity contribution is -0.127. The number of benzene rings is 1. The highest BCUT2D eigenvalue weighted by atomic mass is 32.2. The monoisotopic (exact) mass is 373 g/mol. The Hall–Kier alpha value is -2.87. The van der Waals surface area contributed by atoms with Crippen LogP contribution < -0.4 is 5.32 Å². The second kappa shape index (κ2) is 7.57. The minimum atomic E-state index is -0.573. The van der Waals surface area contributed by atoms with Crippen molar-refractivity contribution < 1.29 is 18.8 Å². The average molecular weight is 373 g/mol. The van der Waals surface area contributed by atoms with E-state index >= 15 is 0 Å². The molecule has 1 saturated heterocycles. The van der Waals surface area contributed by atoms with Gasteiger partial charge in [-0.25, -0.2) is 4.39 Å². The first-order valence-electron chi connectivity index (χ1n) is 7.94. The van der Waals surface area contributed by atoms with E-state index in [9.17, 15) is 18.8 Å².